The van der Waals surface area contributed by atoms with Crippen LogP contribution in [0.25, 0.3) is 0 Å². The van der Waals surface area contributed by atoms with Crippen LogP contribution in [0, 0.1) is 18.8 Å². The van der Waals surface area contributed by atoms with Crippen molar-refractivity contribution >= 4 is 11.7 Å². The van der Waals surface area contributed by atoms with Gasteiger partial charge in [-0.05, 0) is 55.7 Å². The van der Waals surface area contributed by atoms with E-state index in [-0.39, 0.29) is 0 Å². The van der Waals surface area contributed by atoms with Crippen LogP contribution in [0.4, 0.5) is 5.69 Å². The number of carbonyl (C=O) groups is 1. The standard InChI is InChI=1S/C15H19NO2/c1-9-2-4-12(15(17)18)8-13(9)16-14-7-10-3-5-11(14)6-10/h2,4,8,10-11,14,16H,3,5-7H2,1H3,(H,17,18). The van der Waals surface area contributed by atoms with Crippen LogP contribution in [0.3, 0.4) is 0 Å². The van der Waals surface area contributed by atoms with E-state index in [1.54, 1.807) is 12.1 Å². The van der Waals surface area contributed by atoms with Crippen LogP contribution in [0.2, 0.25) is 0 Å². The van der Waals surface area contributed by atoms with Crippen LogP contribution in [-0.2, 0) is 0 Å². The van der Waals surface area contributed by atoms with E-state index in [0.29, 0.717) is 11.6 Å². The van der Waals surface area contributed by atoms with E-state index in [0.717, 1.165) is 23.1 Å². The van der Waals surface area contributed by atoms with Crippen LogP contribution in [0.15, 0.2) is 18.2 Å². The molecule has 2 aliphatic rings. The summed E-state index contributed by atoms with van der Waals surface area (Å²) >= 11 is 0. The number of carboxylic acids is 1. The highest BCUT2D eigenvalue weighted by Crippen LogP contribution is 2.45. The fourth-order valence-corrected chi connectivity index (χ4v) is 3.53. The van der Waals surface area contributed by atoms with Gasteiger partial charge in [0.1, 0.15) is 0 Å². The van der Waals surface area contributed by atoms with E-state index < -0.39 is 5.97 Å². The first-order valence-corrected chi connectivity index (χ1v) is 6.74. The largest absolute Gasteiger partial charge is 0.478 e. The first-order valence-electron chi connectivity index (χ1n) is 6.74. The summed E-state index contributed by atoms with van der Waals surface area (Å²) in [7, 11) is 0. The number of anilines is 1. The number of hydrogen-bond acceptors (Lipinski definition) is 2. The number of hydrogen-bond donors (Lipinski definition) is 2. The van der Waals surface area contributed by atoms with Gasteiger partial charge in [0, 0.05) is 11.7 Å². The normalized spacial score (nSPS) is 29.5. The molecule has 2 N–H and O–H groups in total. The molecule has 0 aromatic heterocycles. The molecule has 0 aliphatic heterocycles. The van der Waals surface area contributed by atoms with Crippen molar-refractivity contribution in [3.05, 3.63) is 29.3 Å². The van der Waals surface area contributed by atoms with E-state index in [1.165, 1.54) is 25.7 Å². The SMILES string of the molecule is Cc1ccc(C(=O)O)cc1NC1CC2CCC1C2. The van der Waals surface area contributed by atoms with Crippen molar-refractivity contribution in [3.63, 3.8) is 0 Å². The lowest BCUT2D eigenvalue weighted by Crippen LogP contribution is -2.26. The van der Waals surface area contributed by atoms with Gasteiger partial charge in [-0.1, -0.05) is 12.5 Å². The Kier molecular flexibility index (Phi) is 2.77. The maximum atomic E-state index is 11.0. The molecule has 2 saturated carbocycles. The van der Waals surface area contributed by atoms with Crippen molar-refractivity contribution in [2.75, 3.05) is 5.32 Å². The van der Waals surface area contributed by atoms with Gasteiger partial charge in [-0.15, -0.1) is 0 Å². The predicted octanol–water partition coefficient (Wildman–Crippen LogP) is 3.29. The molecule has 0 radical (unpaired) electrons. The topological polar surface area (TPSA) is 49.3 Å². The highest BCUT2D eigenvalue weighted by molar-refractivity contribution is 5.89. The molecule has 3 atom stereocenters. The van der Waals surface area contributed by atoms with Gasteiger partial charge in [-0.25, -0.2) is 4.79 Å². The molecule has 2 aliphatic carbocycles. The molecule has 1 aromatic rings. The lowest BCUT2D eigenvalue weighted by molar-refractivity contribution is 0.0697. The van der Waals surface area contributed by atoms with Crippen molar-refractivity contribution in [2.45, 2.75) is 38.6 Å². The zero-order valence-electron chi connectivity index (χ0n) is 10.6. The maximum absolute atomic E-state index is 11.0. The van der Waals surface area contributed by atoms with E-state index >= 15 is 0 Å². The fraction of sp³-hybridized carbons (Fsp3) is 0.533. The Balaban J connectivity index is 1.79. The van der Waals surface area contributed by atoms with Gasteiger partial charge in [0.2, 0.25) is 0 Å². The molecule has 3 heteroatoms. The average Bonchev–Trinajstić information content (AvgIpc) is 2.93. The molecular formula is C15H19NO2. The molecule has 3 rings (SSSR count). The Hall–Kier alpha value is -1.51. The molecular weight excluding hydrogens is 226 g/mol. The highest BCUT2D eigenvalue weighted by Gasteiger charge is 2.39. The summed E-state index contributed by atoms with van der Waals surface area (Å²) in [5.41, 5.74) is 2.49. The van der Waals surface area contributed by atoms with Crippen molar-refractivity contribution < 1.29 is 9.90 Å². The zero-order chi connectivity index (χ0) is 12.7. The van der Waals surface area contributed by atoms with Crippen LogP contribution < -0.4 is 5.32 Å². The Morgan fingerprint density at radius 2 is 2.17 bits per heavy atom. The minimum atomic E-state index is -0.856. The third-order valence-corrected chi connectivity index (χ3v) is 4.56. The van der Waals surface area contributed by atoms with Crippen LogP contribution >= 0.6 is 0 Å². The molecule has 2 fully saturated rings. The van der Waals surface area contributed by atoms with Crippen molar-refractivity contribution in [2.24, 2.45) is 11.8 Å². The minimum Gasteiger partial charge on any atom is -0.478 e. The number of aromatic carboxylic acids is 1. The summed E-state index contributed by atoms with van der Waals surface area (Å²) in [4.78, 5) is 11.0. The van der Waals surface area contributed by atoms with Gasteiger partial charge >= 0.3 is 5.97 Å². The summed E-state index contributed by atoms with van der Waals surface area (Å²) in [6.07, 6.45) is 5.33. The highest BCUT2D eigenvalue weighted by atomic mass is 16.4. The quantitative estimate of drug-likeness (QED) is 0.859. The van der Waals surface area contributed by atoms with Crippen molar-refractivity contribution in [3.8, 4) is 0 Å². The van der Waals surface area contributed by atoms with Gasteiger partial charge in [-0.2, -0.15) is 0 Å². The van der Waals surface area contributed by atoms with Crippen LogP contribution in [0.1, 0.15) is 41.6 Å². The second-order valence-corrected chi connectivity index (χ2v) is 5.76. The maximum Gasteiger partial charge on any atom is 0.335 e. The molecule has 2 bridgehead atoms. The number of carboxylic acid groups (broad SMARTS) is 1. The summed E-state index contributed by atoms with van der Waals surface area (Å²) in [5.74, 6) is 0.837. The first kappa shape index (κ1) is 11.6. The molecule has 0 amide bonds. The summed E-state index contributed by atoms with van der Waals surface area (Å²) in [6, 6.07) is 5.87. The molecule has 0 spiro atoms. The molecule has 0 heterocycles. The zero-order valence-corrected chi connectivity index (χ0v) is 10.6. The lowest BCUT2D eigenvalue weighted by Gasteiger charge is -2.25. The van der Waals surface area contributed by atoms with Gasteiger partial charge in [0.25, 0.3) is 0 Å². The van der Waals surface area contributed by atoms with E-state index in [1.807, 2.05) is 13.0 Å². The van der Waals surface area contributed by atoms with Gasteiger partial charge in [0.15, 0.2) is 0 Å². The number of nitrogens with one attached hydrogen (secondary N) is 1. The number of fused-ring (bicyclic) bond motifs is 2. The lowest BCUT2D eigenvalue weighted by atomic mass is 9.94. The van der Waals surface area contributed by atoms with Crippen molar-refractivity contribution in [1.82, 2.24) is 0 Å². The fourth-order valence-electron chi connectivity index (χ4n) is 3.53. The van der Waals surface area contributed by atoms with Gasteiger partial charge in [0.05, 0.1) is 5.56 Å². The Bertz CT molecular complexity index is 483. The van der Waals surface area contributed by atoms with E-state index in [2.05, 4.69) is 5.32 Å². The Morgan fingerprint density at radius 3 is 2.78 bits per heavy atom. The van der Waals surface area contributed by atoms with Gasteiger partial charge < -0.3 is 10.4 Å². The van der Waals surface area contributed by atoms with Crippen molar-refractivity contribution in [1.29, 1.82) is 0 Å². The van der Waals surface area contributed by atoms with Gasteiger partial charge in [-0.3, -0.25) is 0 Å². The summed E-state index contributed by atoms with van der Waals surface area (Å²) in [6.45, 7) is 2.03. The molecule has 3 unspecified atom stereocenters. The number of benzene rings is 1. The third-order valence-electron chi connectivity index (χ3n) is 4.56. The minimum absolute atomic E-state index is 0.367. The third kappa shape index (κ3) is 1.98. The Morgan fingerprint density at radius 1 is 1.33 bits per heavy atom. The number of aryl methyl sites for hydroxylation is 1. The molecule has 96 valence electrons. The molecule has 18 heavy (non-hydrogen) atoms. The summed E-state index contributed by atoms with van der Waals surface area (Å²) < 4.78 is 0. The molecule has 3 nitrogen and oxygen atoms in total. The van der Waals surface area contributed by atoms with E-state index in [4.69, 9.17) is 5.11 Å². The first-order chi connectivity index (χ1) is 8.63. The van der Waals surface area contributed by atoms with E-state index in [9.17, 15) is 4.79 Å². The number of rotatable bonds is 3. The molecule has 1 aromatic carbocycles. The summed E-state index contributed by atoms with van der Waals surface area (Å²) in [5, 5.41) is 12.6. The second kappa shape index (κ2) is 4.30. The molecule has 0 saturated heterocycles. The van der Waals surface area contributed by atoms with Crippen LogP contribution in [-0.4, -0.2) is 17.1 Å². The van der Waals surface area contributed by atoms with Crippen LogP contribution in [0.5, 0.6) is 0 Å². The monoisotopic (exact) mass is 245 g/mol. The second-order valence-electron chi connectivity index (χ2n) is 5.76. The Labute approximate surface area is 107 Å². The predicted molar refractivity (Wildman–Crippen MR) is 71.0 cm³/mol. The smallest absolute Gasteiger partial charge is 0.335 e. The average molecular weight is 245 g/mol.